The molecule has 1 atom stereocenters. The third-order valence-corrected chi connectivity index (χ3v) is 2.33. The van der Waals surface area contributed by atoms with Crippen LogP contribution in [0.3, 0.4) is 0 Å². The number of rotatable bonds is 3. The Hall–Kier alpha value is -1.63. The van der Waals surface area contributed by atoms with Crippen molar-refractivity contribution in [2.45, 2.75) is 19.2 Å². The van der Waals surface area contributed by atoms with E-state index >= 15 is 0 Å². The second-order valence-electron chi connectivity index (χ2n) is 3.43. The molecule has 0 aliphatic carbocycles. The van der Waals surface area contributed by atoms with Gasteiger partial charge in [-0.1, -0.05) is 16.8 Å². The first-order valence-electron chi connectivity index (χ1n) is 4.76. The number of ether oxygens (including phenoxy) is 1. The van der Waals surface area contributed by atoms with Crippen LogP contribution in [0.15, 0.2) is 23.4 Å². The van der Waals surface area contributed by atoms with Crippen LogP contribution in [0, 0.1) is 0 Å². The second-order valence-corrected chi connectivity index (χ2v) is 3.86. The van der Waals surface area contributed by atoms with Crippen molar-refractivity contribution in [2.75, 3.05) is 0 Å². The standard InChI is InChI=1S/C10H10ClF3N2O2/c1-5(10(12,13)14)18-8-4-6(11)2-3-7(8)9(15)16-17/h2-5,17H,1H3,(H2,15,16). The molecular weight excluding hydrogens is 273 g/mol. The minimum Gasteiger partial charge on any atom is -0.480 e. The molecule has 0 bridgehead atoms. The van der Waals surface area contributed by atoms with Gasteiger partial charge in [-0.3, -0.25) is 0 Å². The molecule has 4 nitrogen and oxygen atoms in total. The van der Waals surface area contributed by atoms with Gasteiger partial charge >= 0.3 is 6.18 Å². The molecule has 0 amide bonds. The van der Waals surface area contributed by atoms with Crippen LogP contribution in [0.25, 0.3) is 0 Å². The lowest BCUT2D eigenvalue weighted by Crippen LogP contribution is -2.32. The molecule has 100 valence electrons. The van der Waals surface area contributed by atoms with Crippen molar-refractivity contribution >= 4 is 17.4 Å². The Bertz CT molecular complexity index is 463. The highest BCUT2D eigenvalue weighted by atomic mass is 35.5. The predicted molar refractivity (Wildman–Crippen MR) is 60.1 cm³/mol. The largest absolute Gasteiger partial charge is 0.480 e. The zero-order chi connectivity index (χ0) is 13.9. The van der Waals surface area contributed by atoms with Crippen molar-refractivity contribution in [2.24, 2.45) is 10.9 Å². The normalized spacial score (nSPS) is 14.4. The maximum Gasteiger partial charge on any atom is 0.425 e. The molecule has 0 saturated carbocycles. The fraction of sp³-hybridized carbons (Fsp3) is 0.300. The summed E-state index contributed by atoms with van der Waals surface area (Å²) in [6, 6.07) is 3.85. The Morgan fingerprint density at radius 3 is 2.61 bits per heavy atom. The van der Waals surface area contributed by atoms with Crippen LogP contribution >= 0.6 is 11.6 Å². The number of hydrogen-bond donors (Lipinski definition) is 2. The quantitative estimate of drug-likeness (QED) is 0.388. The number of benzene rings is 1. The number of hydrogen-bond acceptors (Lipinski definition) is 3. The van der Waals surface area contributed by atoms with Crippen molar-refractivity contribution in [1.29, 1.82) is 0 Å². The maximum absolute atomic E-state index is 12.4. The Balaban J connectivity index is 3.11. The van der Waals surface area contributed by atoms with E-state index in [1.54, 1.807) is 0 Å². The van der Waals surface area contributed by atoms with Crippen LogP contribution in [0.4, 0.5) is 13.2 Å². The molecule has 0 saturated heterocycles. The van der Waals surface area contributed by atoms with E-state index in [0.717, 1.165) is 13.0 Å². The monoisotopic (exact) mass is 282 g/mol. The molecule has 0 fully saturated rings. The fourth-order valence-corrected chi connectivity index (χ4v) is 1.28. The highest BCUT2D eigenvalue weighted by Gasteiger charge is 2.38. The minimum atomic E-state index is -4.52. The topological polar surface area (TPSA) is 67.8 Å². The predicted octanol–water partition coefficient (Wildman–Crippen LogP) is 2.76. The van der Waals surface area contributed by atoms with E-state index in [2.05, 4.69) is 5.16 Å². The van der Waals surface area contributed by atoms with Gasteiger partial charge in [0, 0.05) is 5.02 Å². The van der Waals surface area contributed by atoms with Crippen LogP contribution in [0.2, 0.25) is 5.02 Å². The van der Waals surface area contributed by atoms with Gasteiger partial charge in [0.25, 0.3) is 0 Å². The van der Waals surface area contributed by atoms with Crippen molar-refractivity contribution in [3.63, 3.8) is 0 Å². The summed E-state index contributed by atoms with van der Waals surface area (Å²) in [5.41, 5.74) is 5.35. The highest BCUT2D eigenvalue weighted by Crippen LogP contribution is 2.29. The van der Waals surface area contributed by atoms with Gasteiger partial charge < -0.3 is 15.7 Å². The molecule has 8 heteroatoms. The van der Waals surface area contributed by atoms with E-state index in [-0.39, 0.29) is 22.2 Å². The van der Waals surface area contributed by atoms with E-state index in [0.29, 0.717) is 0 Å². The molecule has 0 aliphatic heterocycles. The van der Waals surface area contributed by atoms with Gasteiger partial charge in [0.2, 0.25) is 0 Å². The Labute approximate surface area is 106 Å². The highest BCUT2D eigenvalue weighted by molar-refractivity contribution is 6.30. The van der Waals surface area contributed by atoms with Crippen molar-refractivity contribution in [3.8, 4) is 5.75 Å². The molecule has 1 unspecified atom stereocenters. The van der Waals surface area contributed by atoms with Crippen molar-refractivity contribution in [1.82, 2.24) is 0 Å². The number of alkyl halides is 3. The Kier molecular flexibility index (Phi) is 4.28. The maximum atomic E-state index is 12.4. The molecule has 1 aromatic rings. The number of nitrogens with two attached hydrogens (primary N) is 1. The minimum absolute atomic E-state index is 0.0259. The first kappa shape index (κ1) is 14.4. The second kappa shape index (κ2) is 5.34. The first-order valence-corrected chi connectivity index (χ1v) is 5.14. The molecule has 0 heterocycles. The molecule has 0 radical (unpaired) electrons. The third kappa shape index (κ3) is 3.43. The van der Waals surface area contributed by atoms with E-state index in [1.807, 2.05) is 0 Å². The zero-order valence-electron chi connectivity index (χ0n) is 9.20. The average molecular weight is 283 g/mol. The van der Waals surface area contributed by atoms with Gasteiger partial charge in [0.15, 0.2) is 11.9 Å². The van der Waals surface area contributed by atoms with Crippen molar-refractivity contribution < 1.29 is 23.1 Å². The summed E-state index contributed by atoms with van der Waals surface area (Å²) < 4.78 is 41.9. The van der Waals surface area contributed by atoms with Crippen LogP contribution < -0.4 is 10.5 Å². The Morgan fingerprint density at radius 2 is 2.11 bits per heavy atom. The van der Waals surface area contributed by atoms with Crippen LogP contribution in [0.5, 0.6) is 5.75 Å². The van der Waals surface area contributed by atoms with Crippen LogP contribution in [0.1, 0.15) is 12.5 Å². The first-order chi connectivity index (χ1) is 8.25. The van der Waals surface area contributed by atoms with Crippen LogP contribution in [-0.2, 0) is 0 Å². The lowest BCUT2D eigenvalue weighted by atomic mass is 10.2. The molecule has 1 aromatic carbocycles. The summed E-state index contributed by atoms with van der Waals surface area (Å²) in [5.74, 6) is -0.571. The van der Waals surface area contributed by atoms with Crippen LogP contribution in [-0.4, -0.2) is 23.3 Å². The van der Waals surface area contributed by atoms with E-state index in [9.17, 15) is 13.2 Å². The van der Waals surface area contributed by atoms with Gasteiger partial charge in [0.1, 0.15) is 5.75 Å². The number of oxime groups is 1. The summed E-state index contributed by atoms with van der Waals surface area (Å²) in [7, 11) is 0. The summed E-state index contributed by atoms with van der Waals surface area (Å²) in [6.45, 7) is 0.844. The number of halogens is 4. The summed E-state index contributed by atoms with van der Waals surface area (Å²) >= 11 is 5.66. The van der Waals surface area contributed by atoms with E-state index in [4.69, 9.17) is 27.3 Å². The molecule has 18 heavy (non-hydrogen) atoms. The van der Waals surface area contributed by atoms with Crippen molar-refractivity contribution in [3.05, 3.63) is 28.8 Å². The summed E-state index contributed by atoms with van der Waals surface area (Å²) in [6.07, 6.45) is -6.56. The SMILES string of the molecule is CC(Oc1cc(Cl)ccc1C(N)=NO)C(F)(F)F. The smallest absolute Gasteiger partial charge is 0.425 e. The molecule has 0 spiro atoms. The zero-order valence-corrected chi connectivity index (χ0v) is 9.96. The van der Waals surface area contributed by atoms with Gasteiger partial charge in [-0.2, -0.15) is 13.2 Å². The van der Waals surface area contributed by atoms with Gasteiger partial charge in [-0.05, 0) is 25.1 Å². The third-order valence-electron chi connectivity index (χ3n) is 2.09. The van der Waals surface area contributed by atoms with Gasteiger partial charge in [0.05, 0.1) is 5.56 Å². The van der Waals surface area contributed by atoms with Gasteiger partial charge in [-0.25, -0.2) is 0 Å². The van der Waals surface area contributed by atoms with Gasteiger partial charge in [-0.15, -0.1) is 0 Å². The molecular formula is C10H10ClF3N2O2. The molecule has 3 N–H and O–H groups in total. The fourth-order valence-electron chi connectivity index (χ4n) is 1.12. The lowest BCUT2D eigenvalue weighted by Gasteiger charge is -2.19. The van der Waals surface area contributed by atoms with E-state index < -0.39 is 12.3 Å². The average Bonchev–Trinajstić information content (AvgIpc) is 2.27. The number of nitrogens with zero attached hydrogens (tertiary/aromatic N) is 1. The molecule has 0 aromatic heterocycles. The Morgan fingerprint density at radius 1 is 1.50 bits per heavy atom. The lowest BCUT2D eigenvalue weighted by molar-refractivity contribution is -0.189. The molecule has 1 rings (SSSR count). The molecule has 0 aliphatic rings. The number of amidine groups is 1. The summed E-state index contributed by atoms with van der Waals surface area (Å²) in [5, 5.41) is 11.4. The van der Waals surface area contributed by atoms with E-state index in [1.165, 1.54) is 12.1 Å². The summed E-state index contributed by atoms with van der Waals surface area (Å²) in [4.78, 5) is 0.